The third-order valence-corrected chi connectivity index (χ3v) is 4.51. The van der Waals surface area contributed by atoms with Crippen LogP contribution < -0.4 is 5.32 Å². The maximum atomic E-state index is 12.0. The normalized spacial score (nSPS) is 15.3. The molecule has 1 aliphatic heterocycles. The summed E-state index contributed by atoms with van der Waals surface area (Å²) in [6.45, 7) is 1.56. The summed E-state index contributed by atoms with van der Waals surface area (Å²) in [5.41, 5.74) is 2.52. The molecular formula is C16H19N3O6S. The van der Waals surface area contributed by atoms with E-state index in [1.54, 1.807) is 11.7 Å². The van der Waals surface area contributed by atoms with E-state index in [0.29, 0.717) is 30.7 Å². The van der Waals surface area contributed by atoms with E-state index >= 15 is 0 Å². The molecule has 10 heteroatoms. The summed E-state index contributed by atoms with van der Waals surface area (Å²) in [5.74, 6) is -2.15. The van der Waals surface area contributed by atoms with Crippen LogP contribution in [0.2, 0.25) is 0 Å². The van der Waals surface area contributed by atoms with E-state index in [1.807, 2.05) is 0 Å². The van der Waals surface area contributed by atoms with Gasteiger partial charge in [0.15, 0.2) is 0 Å². The molecule has 1 aromatic heterocycles. The number of thiazole rings is 1. The molecule has 0 saturated carbocycles. The van der Waals surface area contributed by atoms with Crippen molar-refractivity contribution in [1.29, 1.82) is 0 Å². The van der Waals surface area contributed by atoms with Gasteiger partial charge in [-0.3, -0.25) is 19.4 Å². The largest absolute Gasteiger partial charge is 0.507 e. The Morgan fingerprint density at radius 1 is 1.46 bits per heavy atom. The molecule has 2 rings (SSSR count). The van der Waals surface area contributed by atoms with Crippen molar-refractivity contribution in [3.63, 3.8) is 0 Å². The minimum Gasteiger partial charge on any atom is -0.507 e. The van der Waals surface area contributed by atoms with Gasteiger partial charge in [0.05, 0.1) is 36.5 Å². The fourth-order valence-electron chi connectivity index (χ4n) is 2.39. The number of ether oxygens (including phenoxy) is 1. The second-order valence-electron chi connectivity index (χ2n) is 5.48. The predicted molar refractivity (Wildman–Crippen MR) is 92.2 cm³/mol. The molecule has 0 spiro atoms. The topological polar surface area (TPSA) is 129 Å². The van der Waals surface area contributed by atoms with Crippen molar-refractivity contribution in [2.45, 2.75) is 19.9 Å². The number of aliphatic carboxylic acids is 1. The van der Waals surface area contributed by atoms with Gasteiger partial charge in [-0.05, 0) is 6.92 Å². The van der Waals surface area contributed by atoms with E-state index in [9.17, 15) is 19.5 Å². The maximum absolute atomic E-state index is 12.0. The van der Waals surface area contributed by atoms with Crippen molar-refractivity contribution >= 4 is 29.6 Å². The van der Waals surface area contributed by atoms with Gasteiger partial charge in [-0.1, -0.05) is 0 Å². The van der Waals surface area contributed by atoms with E-state index in [-0.39, 0.29) is 24.5 Å². The van der Waals surface area contributed by atoms with Gasteiger partial charge in [-0.25, -0.2) is 0 Å². The lowest BCUT2D eigenvalue weighted by atomic mass is 10.0. The van der Waals surface area contributed by atoms with Crippen molar-refractivity contribution < 1.29 is 29.3 Å². The van der Waals surface area contributed by atoms with Crippen molar-refractivity contribution in [1.82, 2.24) is 15.2 Å². The Labute approximate surface area is 153 Å². The number of allylic oxidation sites excluding steroid dienone is 1. The molecule has 0 bridgehead atoms. The van der Waals surface area contributed by atoms with Crippen LogP contribution >= 0.6 is 11.3 Å². The van der Waals surface area contributed by atoms with Gasteiger partial charge in [0.1, 0.15) is 12.3 Å². The summed E-state index contributed by atoms with van der Waals surface area (Å²) in [6, 6.07) is 0. The van der Waals surface area contributed by atoms with Crippen molar-refractivity contribution in [2.75, 3.05) is 19.8 Å². The average molecular weight is 381 g/mol. The average Bonchev–Trinajstić information content (AvgIpc) is 3.16. The Balaban J connectivity index is 2.31. The Hall–Kier alpha value is -2.72. The first-order valence-corrected chi connectivity index (χ1v) is 8.61. The third-order valence-electron chi connectivity index (χ3n) is 3.75. The number of aliphatic hydroxyl groups excluding tert-OH is 1. The number of nitrogens with one attached hydrogen (secondary N) is 1. The second-order valence-corrected chi connectivity index (χ2v) is 6.45. The number of carbonyl (C=O) groups excluding carboxylic acids is 2. The number of amides is 2. The molecule has 2 heterocycles. The summed E-state index contributed by atoms with van der Waals surface area (Å²) < 4.78 is 5.40. The molecule has 1 aromatic rings. The molecule has 3 N–H and O–H groups in total. The lowest BCUT2D eigenvalue weighted by molar-refractivity contribution is -0.137. The smallest absolute Gasteiger partial charge is 0.322 e. The zero-order chi connectivity index (χ0) is 19.1. The summed E-state index contributed by atoms with van der Waals surface area (Å²) in [4.78, 5) is 40.3. The van der Waals surface area contributed by atoms with Crippen LogP contribution in [0.5, 0.6) is 0 Å². The number of hydrogen-bond donors (Lipinski definition) is 3. The van der Waals surface area contributed by atoms with Crippen LogP contribution in [0.25, 0.3) is 0 Å². The zero-order valence-electron chi connectivity index (χ0n) is 14.1. The molecule has 0 unspecified atom stereocenters. The quantitative estimate of drug-likeness (QED) is 0.345. The van der Waals surface area contributed by atoms with E-state index < -0.39 is 18.4 Å². The molecule has 0 fully saturated rings. The van der Waals surface area contributed by atoms with Gasteiger partial charge in [-0.15, -0.1) is 11.3 Å². The van der Waals surface area contributed by atoms with Crippen molar-refractivity contribution in [2.24, 2.45) is 0 Å². The van der Waals surface area contributed by atoms with E-state index in [0.717, 1.165) is 4.88 Å². The number of carbonyl (C=O) groups is 3. The highest BCUT2D eigenvalue weighted by atomic mass is 32.1. The lowest BCUT2D eigenvalue weighted by Crippen LogP contribution is -2.32. The van der Waals surface area contributed by atoms with E-state index in [1.165, 1.54) is 23.2 Å². The maximum Gasteiger partial charge on any atom is 0.322 e. The van der Waals surface area contributed by atoms with Gasteiger partial charge in [0.2, 0.25) is 6.41 Å². The van der Waals surface area contributed by atoms with Crippen LogP contribution in [-0.2, 0) is 25.7 Å². The van der Waals surface area contributed by atoms with Crippen LogP contribution in [0.3, 0.4) is 0 Å². The van der Waals surface area contributed by atoms with Crippen LogP contribution in [-0.4, -0.2) is 58.1 Å². The fraction of sp³-hybridized carbons (Fsp3) is 0.375. The Morgan fingerprint density at radius 3 is 2.85 bits per heavy atom. The van der Waals surface area contributed by atoms with Crippen molar-refractivity contribution in [3.8, 4) is 0 Å². The fourth-order valence-corrected chi connectivity index (χ4v) is 2.99. The van der Waals surface area contributed by atoms with Gasteiger partial charge < -0.3 is 25.2 Å². The van der Waals surface area contributed by atoms with Gasteiger partial charge in [0, 0.05) is 23.1 Å². The number of carboxylic acid groups (broad SMARTS) is 1. The zero-order valence-corrected chi connectivity index (χ0v) is 14.9. The first kappa shape index (κ1) is 19.6. The molecular weight excluding hydrogens is 362 g/mol. The van der Waals surface area contributed by atoms with Gasteiger partial charge in [-0.2, -0.15) is 0 Å². The molecule has 0 saturated heterocycles. The second kappa shape index (κ2) is 9.11. The summed E-state index contributed by atoms with van der Waals surface area (Å²) in [6.07, 6.45) is 2.60. The molecule has 26 heavy (non-hydrogen) atoms. The Kier molecular flexibility index (Phi) is 6.87. The SMILES string of the molecule is C/C(C(=O)NCC(=O)O)=C(/O)C1=C(N(C=O)Cc2cncs2)COCC1. The number of rotatable bonds is 8. The Bertz CT molecular complexity index is 741. The lowest BCUT2D eigenvalue weighted by Gasteiger charge is -2.27. The van der Waals surface area contributed by atoms with E-state index in [4.69, 9.17) is 9.84 Å². The minimum atomic E-state index is -1.19. The standard InChI is InChI=1S/C16H19N3O6S/c1-10(16(24)18-5-14(21)22)15(23)12-2-3-25-7-13(12)19(9-20)6-11-4-17-8-26-11/h4,8-9,23H,2-3,5-7H2,1H3,(H,18,24)(H,21,22)/b15-10-. The monoisotopic (exact) mass is 381 g/mol. The van der Waals surface area contributed by atoms with Gasteiger partial charge >= 0.3 is 5.97 Å². The number of nitrogens with zero attached hydrogens (tertiary/aromatic N) is 2. The van der Waals surface area contributed by atoms with E-state index in [2.05, 4.69) is 10.3 Å². The van der Waals surface area contributed by atoms with Crippen molar-refractivity contribution in [3.05, 3.63) is 39.2 Å². The number of hydrogen-bond acceptors (Lipinski definition) is 7. The van der Waals surface area contributed by atoms with Crippen LogP contribution in [0.15, 0.2) is 34.3 Å². The number of carboxylic acids is 1. The molecule has 140 valence electrons. The summed E-state index contributed by atoms with van der Waals surface area (Å²) in [5, 5.41) is 21.4. The Morgan fingerprint density at radius 2 is 2.23 bits per heavy atom. The first-order chi connectivity index (χ1) is 12.4. The molecule has 0 aromatic carbocycles. The summed E-state index contributed by atoms with van der Waals surface area (Å²) in [7, 11) is 0. The van der Waals surface area contributed by atoms with Gasteiger partial charge in [0.25, 0.3) is 5.91 Å². The number of aromatic nitrogens is 1. The van der Waals surface area contributed by atoms with Crippen LogP contribution in [0.4, 0.5) is 0 Å². The molecule has 0 aliphatic carbocycles. The molecule has 2 amide bonds. The molecule has 0 radical (unpaired) electrons. The molecule has 1 aliphatic rings. The number of aliphatic hydroxyl groups is 1. The molecule has 9 nitrogen and oxygen atoms in total. The third kappa shape index (κ3) is 4.90. The van der Waals surface area contributed by atoms with Crippen LogP contribution in [0, 0.1) is 0 Å². The highest BCUT2D eigenvalue weighted by Crippen LogP contribution is 2.27. The minimum absolute atomic E-state index is 0.0238. The molecule has 0 atom stereocenters. The first-order valence-electron chi connectivity index (χ1n) is 7.73. The highest BCUT2D eigenvalue weighted by molar-refractivity contribution is 7.09. The highest BCUT2D eigenvalue weighted by Gasteiger charge is 2.24. The predicted octanol–water partition coefficient (Wildman–Crippen LogP) is 0.809. The summed E-state index contributed by atoms with van der Waals surface area (Å²) >= 11 is 1.39. The van der Waals surface area contributed by atoms with Crippen LogP contribution in [0.1, 0.15) is 18.2 Å².